The zero-order chi connectivity index (χ0) is 16.0. The minimum atomic E-state index is -1.41. The van der Waals surface area contributed by atoms with Gasteiger partial charge in [0.1, 0.15) is 12.1 Å². The molecule has 1 aliphatic heterocycles. The lowest BCUT2D eigenvalue weighted by Gasteiger charge is -2.32. The molecule has 1 fully saturated rings. The number of benzene rings is 1. The molecule has 0 unspecified atom stereocenters. The van der Waals surface area contributed by atoms with Crippen LogP contribution in [0.4, 0.5) is 4.39 Å². The lowest BCUT2D eigenvalue weighted by Crippen LogP contribution is -2.41. The van der Waals surface area contributed by atoms with Gasteiger partial charge in [0.05, 0.1) is 16.8 Å². The number of aldehydes is 1. The van der Waals surface area contributed by atoms with Crippen LogP contribution in [0, 0.1) is 5.82 Å². The Kier molecular flexibility index (Phi) is 3.67. The molecule has 0 aliphatic carbocycles. The number of aromatic carboxylic acids is 1. The maximum Gasteiger partial charge on any atom is 0.498 e. The summed E-state index contributed by atoms with van der Waals surface area (Å²) in [4.78, 5) is 22.1. The molecule has 1 aliphatic rings. The fraction of sp³-hybridized carbons (Fsp3) is 0.429. The Hall–Kier alpha value is -1.73. The third-order valence-corrected chi connectivity index (χ3v) is 4.06. The van der Waals surface area contributed by atoms with Gasteiger partial charge in [-0.15, -0.1) is 0 Å². The van der Waals surface area contributed by atoms with Gasteiger partial charge in [-0.05, 0) is 33.8 Å². The molecule has 0 bridgehead atoms. The molecule has 1 heterocycles. The van der Waals surface area contributed by atoms with Gasteiger partial charge in [0.15, 0.2) is 0 Å². The Balaban J connectivity index is 2.56. The first-order valence-electron chi connectivity index (χ1n) is 6.47. The first-order chi connectivity index (χ1) is 9.60. The minimum Gasteiger partial charge on any atom is -0.478 e. The van der Waals surface area contributed by atoms with Crippen LogP contribution in [0.15, 0.2) is 12.1 Å². The van der Waals surface area contributed by atoms with E-state index in [2.05, 4.69) is 0 Å². The summed E-state index contributed by atoms with van der Waals surface area (Å²) < 4.78 is 25.8. The van der Waals surface area contributed by atoms with Crippen LogP contribution in [0.25, 0.3) is 0 Å². The normalized spacial score (nSPS) is 19.6. The van der Waals surface area contributed by atoms with Crippen molar-refractivity contribution in [2.24, 2.45) is 0 Å². The third-order valence-electron chi connectivity index (χ3n) is 4.06. The van der Waals surface area contributed by atoms with E-state index in [1.807, 2.05) is 0 Å². The van der Waals surface area contributed by atoms with Crippen molar-refractivity contribution in [1.82, 2.24) is 0 Å². The van der Waals surface area contributed by atoms with Gasteiger partial charge in [-0.3, -0.25) is 4.79 Å². The van der Waals surface area contributed by atoms with Crippen LogP contribution < -0.4 is 5.46 Å². The predicted molar refractivity (Wildman–Crippen MR) is 74.5 cm³/mol. The van der Waals surface area contributed by atoms with Crippen LogP contribution in [0.2, 0.25) is 0 Å². The summed E-state index contributed by atoms with van der Waals surface area (Å²) >= 11 is 0. The summed E-state index contributed by atoms with van der Waals surface area (Å²) in [5.74, 6) is -2.42. The quantitative estimate of drug-likeness (QED) is 0.677. The number of carboxylic acid groups (broad SMARTS) is 1. The Bertz CT molecular complexity index is 596. The highest BCUT2D eigenvalue weighted by Gasteiger charge is 2.53. The lowest BCUT2D eigenvalue weighted by atomic mass is 9.74. The number of rotatable bonds is 3. The molecular formula is C14H16BFO5. The number of hydrogen-bond donors (Lipinski definition) is 1. The summed E-state index contributed by atoms with van der Waals surface area (Å²) in [7, 11) is -1.13. The van der Waals surface area contributed by atoms with Crippen LogP contribution in [-0.4, -0.2) is 35.7 Å². The van der Waals surface area contributed by atoms with Crippen LogP contribution in [0.1, 0.15) is 48.4 Å². The molecule has 2 rings (SSSR count). The molecule has 1 aromatic carbocycles. The first kappa shape index (κ1) is 15.7. The maximum atomic E-state index is 14.4. The summed E-state index contributed by atoms with van der Waals surface area (Å²) in [5.41, 5.74) is -2.13. The van der Waals surface area contributed by atoms with Crippen molar-refractivity contribution in [1.29, 1.82) is 0 Å². The van der Waals surface area contributed by atoms with Gasteiger partial charge in [0, 0.05) is 11.0 Å². The van der Waals surface area contributed by atoms with Gasteiger partial charge in [-0.1, -0.05) is 6.07 Å². The molecule has 0 atom stereocenters. The van der Waals surface area contributed by atoms with Crippen molar-refractivity contribution in [2.45, 2.75) is 38.9 Å². The second-order valence-electron chi connectivity index (χ2n) is 5.94. The van der Waals surface area contributed by atoms with Gasteiger partial charge in [-0.25, -0.2) is 9.18 Å². The number of carbonyl (C=O) groups is 2. The standard InChI is InChI=1S/C14H16BFO5/c1-13(2)14(3,4)21-15(20-13)10-8(7-17)5-6-9(11(10)16)12(18)19/h5-7H,1-4H3,(H,18,19). The molecule has 1 saturated heterocycles. The van der Waals surface area contributed by atoms with E-state index in [9.17, 15) is 14.0 Å². The zero-order valence-electron chi connectivity index (χ0n) is 12.3. The van der Waals surface area contributed by atoms with Gasteiger partial charge < -0.3 is 14.4 Å². The van der Waals surface area contributed by atoms with E-state index in [1.54, 1.807) is 27.7 Å². The molecule has 0 aromatic heterocycles. The van der Waals surface area contributed by atoms with Gasteiger partial charge in [-0.2, -0.15) is 0 Å². The maximum absolute atomic E-state index is 14.4. The predicted octanol–water partition coefficient (Wildman–Crippen LogP) is 1.64. The van der Waals surface area contributed by atoms with Gasteiger partial charge in [0.2, 0.25) is 0 Å². The highest BCUT2D eigenvalue weighted by molar-refractivity contribution is 6.63. The molecule has 0 amide bonds. The zero-order valence-corrected chi connectivity index (χ0v) is 12.3. The molecule has 7 heteroatoms. The van der Waals surface area contributed by atoms with E-state index < -0.39 is 35.7 Å². The van der Waals surface area contributed by atoms with E-state index >= 15 is 0 Å². The van der Waals surface area contributed by atoms with E-state index in [4.69, 9.17) is 14.4 Å². The smallest absolute Gasteiger partial charge is 0.478 e. The van der Waals surface area contributed by atoms with Gasteiger partial charge >= 0.3 is 13.1 Å². The monoisotopic (exact) mass is 294 g/mol. The van der Waals surface area contributed by atoms with E-state index in [0.29, 0.717) is 6.29 Å². The highest BCUT2D eigenvalue weighted by atomic mass is 19.1. The molecule has 112 valence electrons. The summed E-state index contributed by atoms with van der Waals surface area (Å²) in [6, 6.07) is 2.30. The van der Waals surface area contributed by atoms with E-state index in [0.717, 1.165) is 6.07 Å². The third kappa shape index (κ3) is 2.47. The molecule has 0 saturated carbocycles. The molecular weight excluding hydrogens is 278 g/mol. The lowest BCUT2D eigenvalue weighted by molar-refractivity contribution is 0.00578. The summed E-state index contributed by atoms with van der Waals surface area (Å²) in [6.45, 7) is 7.14. The first-order valence-corrected chi connectivity index (χ1v) is 6.47. The van der Waals surface area contributed by atoms with Crippen LogP contribution in [0.3, 0.4) is 0 Å². The molecule has 21 heavy (non-hydrogen) atoms. The van der Waals surface area contributed by atoms with Crippen LogP contribution in [0.5, 0.6) is 0 Å². The van der Waals surface area contributed by atoms with E-state index in [-0.39, 0.29) is 11.0 Å². The van der Waals surface area contributed by atoms with Gasteiger partial charge in [0.25, 0.3) is 0 Å². The number of hydrogen-bond acceptors (Lipinski definition) is 4. The number of carbonyl (C=O) groups excluding carboxylic acids is 1. The Morgan fingerprint density at radius 3 is 2.19 bits per heavy atom. The van der Waals surface area contributed by atoms with Crippen LogP contribution in [-0.2, 0) is 9.31 Å². The summed E-state index contributed by atoms with van der Waals surface area (Å²) in [6.07, 6.45) is 0.453. The van der Waals surface area contributed by atoms with Crippen molar-refractivity contribution < 1.29 is 28.4 Å². The Morgan fingerprint density at radius 2 is 1.76 bits per heavy atom. The fourth-order valence-corrected chi connectivity index (χ4v) is 2.08. The van der Waals surface area contributed by atoms with Crippen molar-refractivity contribution >= 4 is 24.8 Å². The van der Waals surface area contributed by atoms with Crippen LogP contribution >= 0.6 is 0 Å². The molecule has 1 N–H and O–H groups in total. The van der Waals surface area contributed by atoms with Crippen molar-refractivity contribution in [3.05, 3.63) is 29.1 Å². The molecule has 0 spiro atoms. The van der Waals surface area contributed by atoms with E-state index in [1.165, 1.54) is 6.07 Å². The fourth-order valence-electron chi connectivity index (χ4n) is 2.08. The van der Waals surface area contributed by atoms with Crippen molar-refractivity contribution in [3.63, 3.8) is 0 Å². The second kappa shape index (κ2) is 4.93. The largest absolute Gasteiger partial charge is 0.498 e. The summed E-state index contributed by atoms with van der Waals surface area (Å²) in [5, 5.41) is 8.99. The molecule has 1 aromatic rings. The average molecular weight is 294 g/mol. The minimum absolute atomic E-state index is 0.0102. The van der Waals surface area contributed by atoms with Crippen molar-refractivity contribution in [2.75, 3.05) is 0 Å². The second-order valence-corrected chi connectivity index (χ2v) is 5.94. The highest BCUT2D eigenvalue weighted by Crippen LogP contribution is 2.37. The number of carboxylic acids is 1. The number of halogens is 1. The van der Waals surface area contributed by atoms with Crippen molar-refractivity contribution in [3.8, 4) is 0 Å². The molecule has 5 nitrogen and oxygen atoms in total. The Morgan fingerprint density at radius 1 is 1.24 bits per heavy atom. The molecule has 0 radical (unpaired) electrons. The topological polar surface area (TPSA) is 72.8 Å². The average Bonchev–Trinajstić information content (AvgIpc) is 2.56. The Labute approximate surface area is 122 Å². The SMILES string of the molecule is CC1(C)OB(c2c(C=O)ccc(C(=O)O)c2F)OC1(C)C.